The zero-order valence-corrected chi connectivity index (χ0v) is 12.7. The molecule has 0 aliphatic carbocycles. The summed E-state index contributed by atoms with van der Waals surface area (Å²) < 4.78 is 11.5. The minimum Gasteiger partial charge on any atom is -0.447 e. The molecule has 4 rings (SSSR count). The van der Waals surface area contributed by atoms with E-state index >= 15 is 0 Å². The number of hydrogen-bond acceptors (Lipinski definition) is 6. The molecule has 4 atom stereocenters. The summed E-state index contributed by atoms with van der Waals surface area (Å²) in [7, 11) is 0. The fraction of sp³-hybridized carbons (Fsp3) is 0.412. The lowest BCUT2D eigenvalue weighted by Crippen LogP contribution is -2.73. The Kier molecular flexibility index (Phi) is 2.98. The Morgan fingerprint density at radius 2 is 1.70 bits per heavy atom. The minimum absolute atomic E-state index is 0.378. The SMILES string of the molecule is C[C@H]1O[C@@]2(C)OC(=N)[C@@]1(C#N)C(C#N)(C#N)[C@@H]2c1ccccc1. The zero-order chi connectivity index (χ0) is 16.9. The van der Waals surface area contributed by atoms with Crippen molar-refractivity contribution >= 4 is 5.90 Å². The number of nitriles is 3. The monoisotopic (exact) mass is 306 g/mol. The zero-order valence-electron chi connectivity index (χ0n) is 12.7. The smallest absolute Gasteiger partial charge is 0.219 e. The summed E-state index contributed by atoms with van der Waals surface area (Å²) in [4.78, 5) is 0. The van der Waals surface area contributed by atoms with Crippen LogP contribution < -0.4 is 0 Å². The summed E-state index contributed by atoms with van der Waals surface area (Å²) in [6.07, 6.45) is -0.807. The van der Waals surface area contributed by atoms with Gasteiger partial charge in [0.25, 0.3) is 0 Å². The Bertz CT molecular complexity index is 787. The first-order valence-corrected chi connectivity index (χ1v) is 7.16. The van der Waals surface area contributed by atoms with Gasteiger partial charge in [-0.25, -0.2) is 0 Å². The second kappa shape index (κ2) is 4.56. The Labute approximate surface area is 134 Å². The van der Waals surface area contributed by atoms with Crippen LogP contribution in [0.15, 0.2) is 30.3 Å². The molecule has 0 saturated carbocycles. The molecule has 6 heteroatoms. The van der Waals surface area contributed by atoms with Gasteiger partial charge < -0.3 is 9.47 Å². The van der Waals surface area contributed by atoms with E-state index in [0.717, 1.165) is 0 Å². The first-order chi connectivity index (χ1) is 10.9. The summed E-state index contributed by atoms with van der Waals surface area (Å²) in [5.41, 5.74) is -2.88. The van der Waals surface area contributed by atoms with E-state index in [1.165, 1.54) is 0 Å². The van der Waals surface area contributed by atoms with Gasteiger partial charge in [0, 0.05) is 6.92 Å². The van der Waals surface area contributed by atoms with Crippen LogP contribution in [0.3, 0.4) is 0 Å². The number of nitrogens with zero attached hydrogens (tertiary/aromatic N) is 3. The van der Waals surface area contributed by atoms with Gasteiger partial charge in [0.1, 0.15) is 0 Å². The van der Waals surface area contributed by atoms with Crippen molar-refractivity contribution in [3.05, 3.63) is 35.9 Å². The minimum atomic E-state index is -1.77. The van der Waals surface area contributed by atoms with Crippen molar-refractivity contribution in [1.29, 1.82) is 21.2 Å². The van der Waals surface area contributed by atoms with Crippen molar-refractivity contribution in [1.82, 2.24) is 0 Å². The first kappa shape index (κ1) is 15.0. The average Bonchev–Trinajstić information content (AvgIpc) is 2.54. The van der Waals surface area contributed by atoms with Crippen LogP contribution in [0.5, 0.6) is 0 Å². The second-order valence-corrected chi connectivity index (χ2v) is 6.00. The highest BCUT2D eigenvalue weighted by Crippen LogP contribution is 2.65. The molecule has 1 N–H and O–H groups in total. The van der Waals surface area contributed by atoms with E-state index < -0.39 is 28.6 Å². The molecule has 1 aromatic rings. The van der Waals surface area contributed by atoms with Gasteiger partial charge in [0.05, 0.1) is 30.2 Å². The molecule has 3 aliphatic rings. The molecule has 2 bridgehead atoms. The molecule has 0 amide bonds. The fourth-order valence-corrected chi connectivity index (χ4v) is 3.94. The molecule has 0 spiro atoms. The third-order valence-electron chi connectivity index (χ3n) is 4.92. The summed E-state index contributed by atoms with van der Waals surface area (Å²) >= 11 is 0. The molecule has 1 aromatic carbocycles. The number of benzene rings is 1. The van der Waals surface area contributed by atoms with Gasteiger partial charge in [-0.2, -0.15) is 15.8 Å². The number of ether oxygens (including phenoxy) is 2. The lowest BCUT2D eigenvalue weighted by atomic mass is 9.50. The maximum absolute atomic E-state index is 9.91. The van der Waals surface area contributed by atoms with Crippen LogP contribution in [-0.2, 0) is 9.47 Å². The van der Waals surface area contributed by atoms with Crippen molar-refractivity contribution in [2.45, 2.75) is 31.7 Å². The van der Waals surface area contributed by atoms with E-state index in [1.807, 2.05) is 24.3 Å². The van der Waals surface area contributed by atoms with Crippen LogP contribution in [0, 0.1) is 50.2 Å². The molecule has 23 heavy (non-hydrogen) atoms. The van der Waals surface area contributed by atoms with Crippen LogP contribution in [0.2, 0.25) is 0 Å². The number of hydrogen-bond donors (Lipinski definition) is 1. The predicted molar refractivity (Wildman–Crippen MR) is 78.7 cm³/mol. The lowest BCUT2D eigenvalue weighted by molar-refractivity contribution is -0.315. The largest absolute Gasteiger partial charge is 0.447 e. The van der Waals surface area contributed by atoms with Gasteiger partial charge in [-0.15, -0.1) is 0 Å². The summed E-state index contributed by atoms with van der Waals surface area (Å²) in [5.74, 6) is -2.55. The van der Waals surface area contributed by atoms with Crippen LogP contribution >= 0.6 is 0 Å². The van der Waals surface area contributed by atoms with E-state index in [1.54, 1.807) is 38.1 Å². The van der Waals surface area contributed by atoms with Crippen molar-refractivity contribution in [3.63, 3.8) is 0 Å². The standard InChI is InChI=1S/C17H14N4O2/c1-11-17(10-20)14(21)23-15(2,22-11)13(16(17,8-18)9-19)12-6-4-3-5-7-12/h3-7,11,13,21H,1-2H3/t11-,13-,15+,17+/m1/s1. The second-order valence-electron chi connectivity index (χ2n) is 6.00. The molecule has 114 valence electrons. The van der Waals surface area contributed by atoms with Gasteiger partial charge >= 0.3 is 0 Å². The van der Waals surface area contributed by atoms with E-state index in [2.05, 4.69) is 0 Å². The first-order valence-electron chi connectivity index (χ1n) is 7.16. The van der Waals surface area contributed by atoms with E-state index in [4.69, 9.17) is 14.9 Å². The Balaban J connectivity index is 2.38. The van der Waals surface area contributed by atoms with Gasteiger partial charge in [0.2, 0.25) is 11.7 Å². The lowest BCUT2D eigenvalue weighted by Gasteiger charge is -2.60. The van der Waals surface area contributed by atoms with E-state index in [0.29, 0.717) is 5.56 Å². The topological polar surface area (TPSA) is 114 Å². The highest BCUT2D eigenvalue weighted by molar-refractivity contribution is 5.89. The molecule has 0 unspecified atom stereocenters. The normalized spacial score (nSPS) is 37.1. The third-order valence-corrected chi connectivity index (χ3v) is 4.92. The molecule has 6 nitrogen and oxygen atoms in total. The molecule has 3 heterocycles. The van der Waals surface area contributed by atoms with E-state index in [-0.39, 0.29) is 5.90 Å². The van der Waals surface area contributed by atoms with Crippen LogP contribution in [0.4, 0.5) is 0 Å². The van der Waals surface area contributed by atoms with Crippen LogP contribution in [0.1, 0.15) is 25.3 Å². The molecule has 3 fully saturated rings. The number of fused-ring (bicyclic) bond motifs is 3. The maximum Gasteiger partial charge on any atom is 0.219 e. The average molecular weight is 306 g/mol. The number of nitrogens with one attached hydrogen (secondary N) is 1. The number of rotatable bonds is 1. The van der Waals surface area contributed by atoms with Gasteiger partial charge in [-0.1, -0.05) is 30.3 Å². The maximum atomic E-state index is 9.91. The van der Waals surface area contributed by atoms with E-state index in [9.17, 15) is 15.8 Å². The van der Waals surface area contributed by atoms with Crippen molar-refractivity contribution in [2.24, 2.45) is 10.8 Å². The fourth-order valence-electron chi connectivity index (χ4n) is 3.94. The van der Waals surface area contributed by atoms with Crippen LogP contribution in [-0.4, -0.2) is 17.8 Å². The quantitative estimate of drug-likeness (QED) is 0.856. The Morgan fingerprint density at radius 3 is 2.17 bits per heavy atom. The molecule has 0 radical (unpaired) electrons. The molecule has 3 saturated heterocycles. The summed E-state index contributed by atoms with van der Waals surface area (Å²) in [6.45, 7) is 3.21. The van der Waals surface area contributed by atoms with Crippen molar-refractivity contribution in [2.75, 3.05) is 0 Å². The molecular formula is C17H14N4O2. The molecule has 3 aliphatic heterocycles. The molecule has 0 aromatic heterocycles. The Morgan fingerprint density at radius 1 is 1.09 bits per heavy atom. The van der Waals surface area contributed by atoms with Gasteiger partial charge in [-0.05, 0) is 12.5 Å². The van der Waals surface area contributed by atoms with Gasteiger partial charge in [-0.3, -0.25) is 5.41 Å². The van der Waals surface area contributed by atoms with Gasteiger partial charge in [0.15, 0.2) is 10.8 Å². The summed E-state index contributed by atoms with van der Waals surface area (Å²) in [5, 5.41) is 37.8. The predicted octanol–water partition coefficient (Wildman–Crippen LogP) is 2.46. The highest BCUT2D eigenvalue weighted by atomic mass is 16.7. The summed E-state index contributed by atoms with van der Waals surface area (Å²) in [6, 6.07) is 15.0. The van der Waals surface area contributed by atoms with Crippen molar-refractivity contribution < 1.29 is 9.47 Å². The third kappa shape index (κ3) is 1.50. The Hall–Kier alpha value is -2.88. The highest BCUT2D eigenvalue weighted by Gasteiger charge is 2.78. The molecular weight excluding hydrogens is 292 g/mol. The van der Waals surface area contributed by atoms with Crippen LogP contribution in [0.25, 0.3) is 0 Å². The van der Waals surface area contributed by atoms with Crippen molar-refractivity contribution in [3.8, 4) is 18.2 Å².